The molecule has 156 valence electrons. The van der Waals surface area contributed by atoms with Gasteiger partial charge >= 0.3 is 6.09 Å². The van der Waals surface area contributed by atoms with Crippen molar-refractivity contribution in [2.75, 3.05) is 6.54 Å². The Morgan fingerprint density at radius 3 is 3.03 bits per heavy atom. The standard InChI is InChI=1S/C21H25N7O2/c1-2-13-10-15(30-21(29)27(9-3-7-22)14-4-5-14)11-16(13)20-26-25-18-12-24-19-17(28(18)20)6-8-23-19/h6,8,12-16,23H,2-5,9-11H2,1H3/t13-,15+,16+/m1/s1. The zero-order chi connectivity index (χ0) is 20.7. The molecule has 2 saturated carbocycles. The van der Waals surface area contributed by atoms with Crippen LogP contribution in [0.3, 0.4) is 0 Å². The van der Waals surface area contributed by atoms with Crippen molar-refractivity contribution in [2.24, 2.45) is 5.92 Å². The molecule has 0 radical (unpaired) electrons. The summed E-state index contributed by atoms with van der Waals surface area (Å²) in [6.07, 6.45) is 8.03. The topological polar surface area (TPSA) is 112 Å². The number of ether oxygens (including phenoxy) is 1. The third-order valence-corrected chi connectivity index (χ3v) is 6.43. The number of rotatable bonds is 6. The first-order chi connectivity index (χ1) is 14.7. The van der Waals surface area contributed by atoms with Gasteiger partial charge in [-0.3, -0.25) is 4.40 Å². The molecule has 3 aromatic rings. The molecule has 3 aromatic heterocycles. The van der Waals surface area contributed by atoms with Gasteiger partial charge in [0.2, 0.25) is 0 Å². The third kappa shape index (κ3) is 3.26. The van der Waals surface area contributed by atoms with E-state index in [1.54, 1.807) is 11.1 Å². The highest BCUT2D eigenvalue weighted by molar-refractivity contribution is 5.74. The van der Waals surface area contributed by atoms with E-state index < -0.39 is 0 Å². The van der Waals surface area contributed by atoms with E-state index in [1.807, 2.05) is 12.3 Å². The molecule has 3 heterocycles. The number of hydrogen-bond donors (Lipinski definition) is 1. The van der Waals surface area contributed by atoms with Crippen LogP contribution in [-0.4, -0.2) is 54.2 Å². The third-order valence-electron chi connectivity index (χ3n) is 6.43. The number of hydrogen-bond acceptors (Lipinski definition) is 6. The quantitative estimate of drug-likeness (QED) is 0.670. The molecule has 2 aliphatic carbocycles. The molecular formula is C21H25N7O2. The zero-order valence-corrected chi connectivity index (χ0v) is 17.0. The second-order valence-corrected chi connectivity index (χ2v) is 8.31. The number of amides is 1. The average Bonchev–Trinajstić information content (AvgIpc) is 3.15. The fourth-order valence-corrected chi connectivity index (χ4v) is 4.77. The highest BCUT2D eigenvalue weighted by Gasteiger charge is 2.41. The minimum atomic E-state index is -0.281. The van der Waals surface area contributed by atoms with E-state index in [1.165, 1.54) is 0 Å². The van der Waals surface area contributed by atoms with Gasteiger partial charge in [0.25, 0.3) is 0 Å². The highest BCUT2D eigenvalue weighted by atomic mass is 16.6. The summed E-state index contributed by atoms with van der Waals surface area (Å²) in [4.78, 5) is 22.0. The van der Waals surface area contributed by atoms with E-state index in [0.717, 1.165) is 54.7 Å². The fraction of sp³-hybridized carbons (Fsp3) is 0.571. The van der Waals surface area contributed by atoms with Crippen molar-refractivity contribution in [3.8, 4) is 6.07 Å². The highest BCUT2D eigenvalue weighted by Crippen LogP contribution is 2.43. The monoisotopic (exact) mass is 407 g/mol. The first kappa shape index (κ1) is 18.9. The van der Waals surface area contributed by atoms with Gasteiger partial charge in [-0.05, 0) is 37.7 Å². The number of nitrogens with zero attached hydrogens (tertiary/aromatic N) is 6. The Bertz CT molecular complexity index is 1110. The molecule has 1 amide bonds. The lowest BCUT2D eigenvalue weighted by atomic mass is 9.93. The van der Waals surface area contributed by atoms with Crippen molar-refractivity contribution in [1.82, 2.24) is 29.5 Å². The molecule has 5 rings (SSSR count). The number of fused-ring (bicyclic) bond motifs is 3. The van der Waals surface area contributed by atoms with E-state index in [9.17, 15) is 4.79 Å². The molecule has 0 aliphatic heterocycles. The molecule has 2 aliphatic rings. The van der Waals surface area contributed by atoms with Crippen molar-refractivity contribution < 1.29 is 9.53 Å². The second-order valence-electron chi connectivity index (χ2n) is 8.31. The Morgan fingerprint density at radius 1 is 1.40 bits per heavy atom. The lowest BCUT2D eigenvalue weighted by molar-refractivity contribution is 0.0617. The number of carbonyl (C=O) groups is 1. The van der Waals surface area contributed by atoms with Crippen LogP contribution in [0.4, 0.5) is 4.79 Å². The minimum Gasteiger partial charge on any atom is -0.446 e. The Balaban J connectivity index is 1.37. The number of aromatic amines is 1. The normalized spacial score (nSPS) is 23.7. The van der Waals surface area contributed by atoms with Gasteiger partial charge in [-0.25, -0.2) is 9.78 Å². The van der Waals surface area contributed by atoms with Crippen molar-refractivity contribution in [3.63, 3.8) is 0 Å². The summed E-state index contributed by atoms with van der Waals surface area (Å²) >= 11 is 0. The van der Waals surface area contributed by atoms with Crippen LogP contribution in [0.1, 0.15) is 57.2 Å². The molecular weight excluding hydrogens is 382 g/mol. The van der Waals surface area contributed by atoms with Crippen LogP contribution in [-0.2, 0) is 4.74 Å². The predicted octanol–water partition coefficient (Wildman–Crippen LogP) is 3.39. The average molecular weight is 407 g/mol. The number of nitriles is 1. The largest absolute Gasteiger partial charge is 0.446 e. The van der Waals surface area contributed by atoms with Crippen LogP contribution in [0.15, 0.2) is 18.5 Å². The Morgan fingerprint density at radius 2 is 2.27 bits per heavy atom. The second kappa shape index (κ2) is 7.59. The van der Waals surface area contributed by atoms with Crippen LogP contribution >= 0.6 is 0 Å². The Labute approximate surface area is 174 Å². The molecule has 1 N–H and O–H groups in total. The van der Waals surface area contributed by atoms with E-state index in [4.69, 9.17) is 10.00 Å². The van der Waals surface area contributed by atoms with E-state index in [2.05, 4.69) is 37.6 Å². The summed E-state index contributed by atoms with van der Waals surface area (Å²) < 4.78 is 7.99. The maximum absolute atomic E-state index is 12.8. The molecule has 0 bridgehead atoms. The molecule has 30 heavy (non-hydrogen) atoms. The van der Waals surface area contributed by atoms with Gasteiger partial charge < -0.3 is 14.6 Å². The lowest BCUT2D eigenvalue weighted by Crippen LogP contribution is -2.36. The molecule has 9 heteroatoms. The molecule has 0 aromatic carbocycles. The van der Waals surface area contributed by atoms with Crippen molar-refractivity contribution in [3.05, 3.63) is 24.3 Å². The van der Waals surface area contributed by atoms with Gasteiger partial charge in [-0.2, -0.15) is 5.26 Å². The summed E-state index contributed by atoms with van der Waals surface area (Å²) in [6, 6.07) is 4.35. The lowest BCUT2D eigenvalue weighted by Gasteiger charge is -2.23. The van der Waals surface area contributed by atoms with Crippen molar-refractivity contribution in [1.29, 1.82) is 5.26 Å². The molecule has 0 saturated heterocycles. The van der Waals surface area contributed by atoms with Crippen LogP contribution in [0.25, 0.3) is 16.8 Å². The van der Waals surface area contributed by atoms with Gasteiger partial charge in [-0.15, -0.1) is 10.2 Å². The van der Waals surface area contributed by atoms with Crippen LogP contribution in [0.2, 0.25) is 0 Å². The predicted molar refractivity (Wildman–Crippen MR) is 109 cm³/mol. The summed E-state index contributed by atoms with van der Waals surface area (Å²) in [5, 5.41) is 17.7. The molecule has 3 atom stereocenters. The van der Waals surface area contributed by atoms with Crippen molar-refractivity contribution in [2.45, 2.75) is 63.5 Å². The van der Waals surface area contributed by atoms with Crippen LogP contribution in [0.5, 0.6) is 0 Å². The van der Waals surface area contributed by atoms with Gasteiger partial charge in [0.1, 0.15) is 11.9 Å². The zero-order valence-electron chi connectivity index (χ0n) is 17.0. The summed E-state index contributed by atoms with van der Waals surface area (Å²) in [7, 11) is 0. The number of H-pyrrole nitrogens is 1. The Kier molecular flexibility index (Phi) is 4.77. The first-order valence-corrected chi connectivity index (χ1v) is 10.7. The summed E-state index contributed by atoms with van der Waals surface area (Å²) in [5.74, 6) is 1.44. The summed E-state index contributed by atoms with van der Waals surface area (Å²) in [5.41, 5.74) is 2.48. The first-order valence-electron chi connectivity index (χ1n) is 10.7. The van der Waals surface area contributed by atoms with Gasteiger partial charge in [0.05, 0.1) is 24.2 Å². The maximum Gasteiger partial charge on any atom is 0.410 e. The van der Waals surface area contributed by atoms with Gasteiger partial charge in [-0.1, -0.05) is 13.3 Å². The van der Waals surface area contributed by atoms with E-state index >= 15 is 0 Å². The Hall–Kier alpha value is -3.15. The molecule has 0 unspecified atom stereocenters. The number of aromatic nitrogens is 5. The minimum absolute atomic E-state index is 0.147. The smallest absolute Gasteiger partial charge is 0.410 e. The molecule has 9 nitrogen and oxygen atoms in total. The maximum atomic E-state index is 12.8. The van der Waals surface area contributed by atoms with Crippen LogP contribution < -0.4 is 0 Å². The molecule has 0 spiro atoms. The van der Waals surface area contributed by atoms with Crippen LogP contribution in [0, 0.1) is 17.2 Å². The SMILES string of the molecule is CC[C@@H]1C[C@H](OC(=O)N(CCC#N)C2CC2)C[C@@H]1c1nnc2cnc3[nH]ccc3n12. The number of carbonyl (C=O) groups excluding carboxylic acids is 1. The van der Waals surface area contributed by atoms with E-state index in [-0.39, 0.29) is 24.2 Å². The van der Waals surface area contributed by atoms with Crippen molar-refractivity contribution >= 4 is 22.9 Å². The van der Waals surface area contributed by atoms with Gasteiger partial charge in [0, 0.05) is 24.7 Å². The molecule has 2 fully saturated rings. The summed E-state index contributed by atoms with van der Waals surface area (Å²) in [6.45, 7) is 2.61. The number of nitrogens with one attached hydrogen (secondary N) is 1. The van der Waals surface area contributed by atoms with E-state index in [0.29, 0.717) is 18.9 Å². The van der Waals surface area contributed by atoms with Gasteiger partial charge in [0.15, 0.2) is 11.3 Å². The fourth-order valence-electron chi connectivity index (χ4n) is 4.77.